The highest BCUT2D eigenvalue weighted by Crippen LogP contribution is 2.38. The molecule has 5 nitrogen and oxygen atoms in total. The topological polar surface area (TPSA) is 79.9 Å². The van der Waals surface area contributed by atoms with Gasteiger partial charge in [-0.15, -0.1) is 0 Å². The third-order valence-electron chi connectivity index (χ3n) is 5.43. The fraction of sp³-hybridized carbons (Fsp3) is 0.941. The largest absolute Gasteiger partial charge is 0.389 e. The van der Waals surface area contributed by atoms with E-state index in [0.717, 1.165) is 0 Å². The lowest BCUT2D eigenvalue weighted by atomic mass is 9.70. The molecular weight excluding hydrogens is 278 g/mol. The molecule has 0 aromatic heterocycles. The zero-order chi connectivity index (χ0) is 16.1. The summed E-state index contributed by atoms with van der Waals surface area (Å²) in [7, 11) is 0. The van der Waals surface area contributed by atoms with Crippen molar-refractivity contribution in [3.63, 3.8) is 0 Å². The summed E-state index contributed by atoms with van der Waals surface area (Å²) in [5.41, 5.74) is 5.06. The molecule has 5 heteroatoms. The van der Waals surface area contributed by atoms with Crippen LogP contribution in [0.1, 0.15) is 65.2 Å². The highest BCUT2D eigenvalue weighted by molar-refractivity contribution is 5.78. The molecule has 4 N–H and O–H groups in total. The monoisotopic (exact) mass is 311 g/mol. The highest BCUT2D eigenvalue weighted by atomic mass is 16.5. The van der Waals surface area contributed by atoms with Gasteiger partial charge in [-0.1, -0.05) is 39.5 Å². The molecular formula is C17H33N3O2. The van der Waals surface area contributed by atoms with Crippen LogP contribution in [0.2, 0.25) is 0 Å². The van der Waals surface area contributed by atoms with E-state index in [4.69, 9.17) is 10.5 Å². The van der Waals surface area contributed by atoms with Crippen molar-refractivity contribution in [3.8, 4) is 0 Å². The molecule has 0 spiro atoms. The molecule has 0 amide bonds. The molecule has 0 bridgehead atoms. The zero-order valence-electron chi connectivity index (χ0n) is 14.2. The van der Waals surface area contributed by atoms with Crippen molar-refractivity contribution in [2.24, 2.45) is 16.1 Å². The summed E-state index contributed by atoms with van der Waals surface area (Å²) in [6, 6.07) is 0.459. The first kappa shape index (κ1) is 17.5. The molecule has 1 aliphatic heterocycles. The first-order valence-corrected chi connectivity index (χ1v) is 8.80. The van der Waals surface area contributed by atoms with Crippen LogP contribution in [0.4, 0.5) is 0 Å². The van der Waals surface area contributed by atoms with E-state index < -0.39 is 5.60 Å². The summed E-state index contributed by atoms with van der Waals surface area (Å²) in [6.07, 6.45) is 8.92. The Morgan fingerprint density at radius 1 is 1.23 bits per heavy atom. The van der Waals surface area contributed by atoms with Gasteiger partial charge in [-0.25, -0.2) is 0 Å². The molecule has 0 aromatic carbocycles. The molecule has 1 aliphatic carbocycles. The van der Waals surface area contributed by atoms with Crippen LogP contribution < -0.4 is 11.1 Å². The Balaban J connectivity index is 1.88. The Morgan fingerprint density at radius 2 is 1.82 bits per heavy atom. The Bertz CT molecular complexity index is 368. The van der Waals surface area contributed by atoms with Gasteiger partial charge < -0.3 is 20.9 Å². The van der Waals surface area contributed by atoms with Crippen molar-refractivity contribution in [2.45, 2.75) is 76.9 Å². The molecule has 0 unspecified atom stereocenters. The van der Waals surface area contributed by atoms with Gasteiger partial charge in [0.15, 0.2) is 5.96 Å². The summed E-state index contributed by atoms with van der Waals surface area (Å²) >= 11 is 0. The SMILES string of the molecule is CC(C)(CN=C(N)NC1CCCCCC1)C1(O)CCOCC1. The molecule has 2 fully saturated rings. The third-order valence-corrected chi connectivity index (χ3v) is 5.43. The summed E-state index contributed by atoms with van der Waals surface area (Å²) in [4.78, 5) is 4.52. The summed E-state index contributed by atoms with van der Waals surface area (Å²) in [6.45, 7) is 5.93. The molecule has 1 saturated heterocycles. The number of nitrogens with zero attached hydrogens (tertiary/aromatic N) is 1. The zero-order valence-corrected chi connectivity index (χ0v) is 14.2. The lowest BCUT2D eigenvalue weighted by Crippen LogP contribution is -2.51. The fourth-order valence-electron chi connectivity index (χ4n) is 3.49. The number of rotatable bonds is 4. The maximum Gasteiger partial charge on any atom is 0.188 e. The van der Waals surface area contributed by atoms with Gasteiger partial charge in [0.1, 0.15) is 0 Å². The number of nitrogens with one attached hydrogen (secondary N) is 1. The Kier molecular flexibility index (Phi) is 6.09. The predicted octanol–water partition coefficient (Wildman–Crippen LogP) is 2.18. The normalized spacial score (nSPS) is 24.8. The van der Waals surface area contributed by atoms with Gasteiger partial charge in [-0.3, -0.25) is 4.99 Å². The van der Waals surface area contributed by atoms with E-state index in [0.29, 0.717) is 44.6 Å². The van der Waals surface area contributed by atoms with E-state index in [1.807, 2.05) is 0 Å². The molecule has 0 radical (unpaired) electrons. The molecule has 22 heavy (non-hydrogen) atoms. The van der Waals surface area contributed by atoms with Crippen LogP contribution in [-0.2, 0) is 4.74 Å². The fourth-order valence-corrected chi connectivity index (χ4v) is 3.49. The standard InChI is InChI=1S/C17H33N3O2/c1-16(2,17(21)9-11-22-12-10-17)13-19-15(18)20-14-7-5-3-4-6-8-14/h14,21H,3-13H2,1-2H3,(H3,18,19,20). The van der Waals surface area contributed by atoms with Gasteiger partial charge >= 0.3 is 0 Å². The van der Waals surface area contributed by atoms with Gasteiger partial charge in [-0.2, -0.15) is 0 Å². The molecule has 0 aromatic rings. The summed E-state index contributed by atoms with van der Waals surface area (Å²) in [5, 5.41) is 14.2. The van der Waals surface area contributed by atoms with E-state index in [-0.39, 0.29) is 5.41 Å². The summed E-state index contributed by atoms with van der Waals surface area (Å²) in [5.74, 6) is 0.524. The second kappa shape index (κ2) is 7.64. The maximum absolute atomic E-state index is 10.9. The lowest BCUT2D eigenvalue weighted by Gasteiger charge is -2.44. The minimum Gasteiger partial charge on any atom is -0.389 e. The van der Waals surface area contributed by atoms with Crippen LogP contribution in [0, 0.1) is 5.41 Å². The minimum atomic E-state index is -0.711. The Morgan fingerprint density at radius 3 is 2.41 bits per heavy atom. The molecule has 0 atom stereocenters. The lowest BCUT2D eigenvalue weighted by molar-refractivity contribution is -0.128. The van der Waals surface area contributed by atoms with Crippen molar-refractivity contribution >= 4 is 5.96 Å². The number of guanidine groups is 1. The first-order valence-electron chi connectivity index (χ1n) is 8.80. The molecule has 128 valence electrons. The number of ether oxygens (including phenoxy) is 1. The van der Waals surface area contributed by atoms with Gasteiger partial charge in [0.2, 0.25) is 0 Å². The number of aliphatic imine (C=N–C) groups is 1. The Hall–Kier alpha value is -0.810. The molecule has 1 saturated carbocycles. The van der Waals surface area contributed by atoms with Crippen LogP contribution in [0.3, 0.4) is 0 Å². The van der Waals surface area contributed by atoms with Crippen LogP contribution >= 0.6 is 0 Å². The summed E-state index contributed by atoms with van der Waals surface area (Å²) < 4.78 is 5.37. The quantitative estimate of drug-likeness (QED) is 0.422. The van der Waals surface area contributed by atoms with Crippen LogP contribution in [-0.4, -0.2) is 42.5 Å². The van der Waals surface area contributed by atoms with Gasteiger partial charge in [0.25, 0.3) is 0 Å². The minimum absolute atomic E-state index is 0.299. The molecule has 2 rings (SSSR count). The van der Waals surface area contributed by atoms with Crippen molar-refractivity contribution in [1.82, 2.24) is 5.32 Å². The van der Waals surface area contributed by atoms with Gasteiger partial charge in [0, 0.05) is 37.5 Å². The van der Waals surface area contributed by atoms with E-state index in [2.05, 4.69) is 24.2 Å². The first-order chi connectivity index (χ1) is 10.4. The van der Waals surface area contributed by atoms with Gasteiger partial charge in [-0.05, 0) is 12.8 Å². The van der Waals surface area contributed by atoms with Crippen molar-refractivity contribution < 1.29 is 9.84 Å². The molecule has 2 aliphatic rings. The van der Waals surface area contributed by atoms with Crippen molar-refractivity contribution in [1.29, 1.82) is 0 Å². The average Bonchev–Trinajstić information content (AvgIpc) is 2.74. The van der Waals surface area contributed by atoms with Crippen LogP contribution in [0.25, 0.3) is 0 Å². The van der Waals surface area contributed by atoms with E-state index in [1.165, 1.54) is 38.5 Å². The second-order valence-corrected chi connectivity index (χ2v) is 7.56. The van der Waals surface area contributed by atoms with Crippen molar-refractivity contribution in [2.75, 3.05) is 19.8 Å². The number of hydrogen-bond acceptors (Lipinski definition) is 3. The Labute approximate surface area is 134 Å². The van der Waals surface area contributed by atoms with E-state index in [9.17, 15) is 5.11 Å². The molecule has 1 heterocycles. The number of aliphatic hydroxyl groups is 1. The van der Waals surface area contributed by atoms with Crippen LogP contribution in [0.5, 0.6) is 0 Å². The van der Waals surface area contributed by atoms with Crippen molar-refractivity contribution in [3.05, 3.63) is 0 Å². The van der Waals surface area contributed by atoms with Crippen LogP contribution in [0.15, 0.2) is 4.99 Å². The maximum atomic E-state index is 10.9. The smallest absolute Gasteiger partial charge is 0.188 e. The third kappa shape index (κ3) is 4.59. The number of nitrogens with two attached hydrogens (primary N) is 1. The second-order valence-electron chi connectivity index (χ2n) is 7.56. The highest BCUT2D eigenvalue weighted by Gasteiger charge is 2.44. The predicted molar refractivity (Wildman–Crippen MR) is 89.9 cm³/mol. The number of hydrogen-bond donors (Lipinski definition) is 3. The average molecular weight is 311 g/mol. The van der Waals surface area contributed by atoms with Gasteiger partial charge in [0.05, 0.1) is 12.1 Å². The van der Waals surface area contributed by atoms with E-state index >= 15 is 0 Å². The van der Waals surface area contributed by atoms with E-state index in [1.54, 1.807) is 0 Å².